The number of benzene rings is 2. The van der Waals surface area contributed by atoms with Crippen molar-refractivity contribution in [2.75, 3.05) is 0 Å². The van der Waals surface area contributed by atoms with E-state index in [4.69, 9.17) is 0 Å². The zero-order valence-corrected chi connectivity index (χ0v) is 15.7. The highest BCUT2D eigenvalue weighted by atomic mass is 35.5. The second-order valence-corrected chi connectivity index (χ2v) is 7.57. The van der Waals surface area contributed by atoms with Crippen molar-refractivity contribution in [3.63, 3.8) is 0 Å². The summed E-state index contributed by atoms with van der Waals surface area (Å²) in [5.41, 5.74) is 2.32. The molecule has 0 radical (unpaired) electrons. The Morgan fingerprint density at radius 2 is 1.26 bits per heavy atom. The molecule has 0 saturated carbocycles. The van der Waals surface area contributed by atoms with Crippen LogP contribution in [0.5, 0.6) is 11.5 Å². The first-order chi connectivity index (χ1) is 10.0. The first-order valence-corrected chi connectivity index (χ1v) is 7.60. The van der Waals surface area contributed by atoms with Gasteiger partial charge in [0.15, 0.2) is 0 Å². The number of phenolic OH excluding ortho intramolecular Hbond substituents is 2. The molecule has 2 nitrogen and oxygen atoms in total. The summed E-state index contributed by atoms with van der Waals surface area (Å²) in [7, 11) is 0. The van der Waals surface area contributed by atoms with Gasteiger partial charge in [0, 0.05) is 0 Å². The fourth-order valence-corrected chi connectivity index (χ4v) is 2.08. The highest BCUT2D eigenvalue weighted by Crippen LogP contribution is 2.29. The van der Waals surface area contributed by atoms with Gasteiger partial charge in [-0.1, -0.05) is 71.9 Å². The van der Waals surface area contributed by atoms with Gasteiger partial charge in [-0.3, -0.25) is 0 Å². The highest BCUT2D eigenvalue weighted by Gasteiger charge is 2.16. The molecule has 23 heavy (non-hydrogen) atoms. The highest BCUT2D eigenvalue weighted by molar-refractivity contribution is 5.85. The minimum absolute atomic E-state index is 0. The smallest absolute Gasteiger partial charge is 0.119 e. The lowest BCUT2D eigenvalue weighted by molar-refractivity contribution is 0.447. The third kappa shape index (κ3) is 6.96. The van der Waals surface area contributed by atoms with Gasteiger partial charge in [-0.05, 0) is 40.2 Å². The van der Waals surface area contributed by atoms with Crippen LogP contribution in [0, 0.1) is 0 Å². The molecule has 3 heteroatoms. The molecule has 0 saturated heterocycles. The van der Waals surface area contributed by atoms with Crippen molar-refractivity contribution in [1.29, 1.82) is 0 Å². The Kier molecular flexibility index (Phi) is 7.66. The summed E-state index contributed by atoms with van der Waals surface area (Å²) in [4.78, 5) is 0. The lowest BCUT2D eigenvalue weighted by atomic mass is 9.86. The van der Waals surface area contributed by atoms with Gasteiger partial charge in [0.2, 0.25) is 0 Å². The van der Waals surface area contributed by atoms with Gasteiger partial charge < -0.3 is 10.2 Å². The average Bonchev–Trinajstić information content (AvgIpc) is 2.37. The molecular weight excluding hydrogens is 308 g/mol. The SMILES string of the molecule is CC(C)(C)c1cccc(O)c1.CC(C)(C)c1ccccc1O.Cl. The number of hydrogen-bond acceptors (Lipinski definition) is 2. The van der Waals surface area contributed by atoms with Gasteiger partial charge >= 0.3 is 0 Å². The molecule has 0 aliphatic carbocycles. The van der Waals surface area contributed by atoms with E-state index < -0.39 is 0 Å². The van der Waals surface area contributed by atoms with Gasteiger partial charge in [-0.15, -0.1) is 12.4 Å². The van der Waals surface area contributed by atoms with Crippen molar-refractivity contribution in [2.24, 2.45) is 0 Å². The van der Waals surface area contributed by atoms with Crippen LogP contribution in [0.15, 0.2) is 48.5 Å². The third-order valence-electron chi connectivity index (χ3n) is 3.42. The number of phenols is 2. The number of para-hydroxylation sites is 1. The van der Waals surface area contributed by atoms with Crippen LogP contribution < -0.4 is 0 Å². The molecule has 0 heterocycles. The second kappa shape index (κ2) is 8.26. The Balaban J connectivity index is 0.000000403. The van der Waals surface area contributed by atoms with E-state index >= 15 is 0 Å². The Morgan fingerprint density at radius 3 is 1.61 bits per heavy atom. The molecule has 0 unspecified atom stereocenters. The molecule has 0 aromatic heterocycles. The summed E-state index contributed by atoms with van der Waals surface area (Å²) in [6.07, 6.45) is 0. The molecule has 2 aromatic rings. The lowest BCUT2D eigenvalue weighted by Crippen LogP contribution is -2.10. The van der Waals surface area contributed by atoms with E-state index in [2.05, 4.69) is 41.5 Å². The monoisotopic (exact) mass is 336 g/mol. The maximum Gasteiger partial charge on any atom is 0.119 e. The Morgan fingerprint density at radius 1 is 0.696 bits per heavy atom. The molecule has 0 bridgehead atoms. The predicted molar refractivity (Wildman–Crippen MR) is 101 cm³/mol. The van der Waals surface area contributed by atoms with Crippen molar-refractivity contribution in [3.05, 3.63) is 59.7 Å². The van der Waals surface area contributed by atoms with Gasteiger partial charge in [0.25, 0.3) is 0 Å². The molecule has 0 spiro atoms. The zero-order chi connectivity index (χ0) is 17.0. The normalized spacial score (nSPS) is 11.0. The number of aromatic hydroxyl groups is 2. The molecule has 0 aliphatic heterocycles. The Hall–Kier alpha value is -1.67. The summed E-state index contributed by atoms with van der Waals surface area (Å²) in [6.45, 7) is 12.6. The lowest BCUT2D eigenvalue weighted by Gasteiger charge is -2.19. The maximum absolute atomic E-state index is 9.45. The van der Waals surface area contributed by atoms with E-state index in [1.165, 1.54) is 0 Å². The molecule has 0 fully saturated rings. The van der Waals surface area contributed by atoms with E-state index in [0.717, 1.165) is 11.1 Å². The molecular formula is C20H29ClO2. The first-order valence-electron chi connectivity index (χ1n) is 7.60. The number of halogens is 1. The zero-order valence-electron chi connectivity index (χ0n) is 14.9. The van der Waals surface area contributed by atoms with E-state index in [0.29, 0.717) is 11.5 Å². The van der Waals surface area contributed by atoms with Crippen LogP contribution in [0.1, 0.15) is 52.7 Å². The molecule has 128 valence electrons. The maximum atomic E-state index is 9.45. The largest absolute Gasteiger partial charge is 0.508 e. The minimum atomic E-state index is 0. The van der Waals surface area contributed by atoms with Crippen LogP contribution in [0.25, 0.3) is 0 Å². The van der Waals surface area contributed by atoms with Gasteiger partial charge in [0.05, 0.1) is 0 Å². The molecule has 0 aliphatic rings. The van der Waals surface area contributed by atoms with Crippen molar-refractivity contribution >= 4 is 12.4 Å². The van der Waals surface area contributed by atoms with Crippen LogP contribution in [0.2, 0.25) is 0 Å². The van der Waals surface area contributed by atoms with E-state index in [1.54, 1.807) is 18.2 Å². The summed E-state index contributed by atoms with van der Waals surface area (Å²) >= 11 is 0. The van der Waals surface area contributed by atoms with Gasteiger partial charge in [-0.25, -0.2) is 0 Å². The Bertz CT molecular complexity index is 608. The standard InChI is InChI=1S/2C10H14O.ClH/c1-10(2,3)8-5-4-6-9(11)7-8;1-10(2,3)8-6-4-5-7-9(8)11;/h2*4-7,11H,1-3H3;1H. The quantitative estimate of drug-likeness (QED) is 0.638. The first kappa shape index (κ1) is 21.3. The summed E-state index contributed by atoms with van der Waals surface area (Å²) in [5, 5.41) is 18.6. The van der Waals surface area contributed by atoms with Crippen molar-refractivity contribution in [1.82, 2.24) is 0 Å². The van der Waals surface area contributed by atoms with Crippen LogP contribution >= 0.6 is 12.4 Å². The molecule has 2 rings (SSSR count). The topological polar surface area (TPSA) is 40.5 Å². The van der Waals surface area contributed by atoms with Crippen LogP contribution in [0.4, 0.5) is 0 Å². The van der Waals surface area contributed by atoms with Crippen molar-refractivity contribution in [2.45, 2.75) is 52.4 Å². The third-order valence-corrected chi connectivity index (χ3v) is 3.42. The van der Waals surface area contributed by atoms with Crippen molar-refractivity contribution < 1.29 is 10.2 Å². The fraction of sp³-hybridized carbons (Fsp3) is 0.400. The summed E-state index contributed by atoms with van der Waals surface area (Å²) in [6, 6.07) is 14.9. The summed E-state index contributed by atoms with van der Waals surface area (Å²) < 4.78 is 0. The van der Waals surface area contributed by atoms with Crippen LogP contribution in [0.3, 0.4) is 0 Å². The number of hydrogen-bond donors (Lipinski definition) is 2. The summed E-state index contributed by atoms with van der Waals surface area (Å²) in [5.74, 6) is 0.734. The van der Waals surface area contributed by atoms with E-state index in [9.17, 15) is 10.2 Å². The Labute approximate surface area is 146 Å². The molecule has 2 N–H and O–H groups in total. The molecule has 0 atom stereocenters. The van der Waals surface area contributed by atoms with E-state index in [1.807, 2.05) is 30.3 Å². The second-order valence-electron chi connectivity index (χ2n) is 7.57. The molecule has 2 aromatic carbocycles. The van der Waals surface area contributed by atoms with Crippen LogP contribution in [-0.4, -0.2) is 10.2 Å². The average molecular weight is 337 g/mol. The fourth-order valence-electron chi connectivity index (χ4n) is 2.08. The predicted octanol–water partition coefficient (Wildman–Crippen LogP) is 5.80. The van der Waals surface area contributed by atoms with Gasteiger partial charge in [-0.2, -0.15) is 0 Å². The number of rotatable bonds is 0. The van der Waals surface area contributed by atoms with Crippen molar-refractivity contribution in [3.8, 4) is 11.5 Å². The van der Waals surface area contributed by atoms with Gasteiger partial charge in [0.1, 0.15) is 11.5 Å². The molecule has 0 amide bonds. The van der Waals surface area contributed by atoms with E-state index in [-0.39, 0.29) is 23.2 Å². The van der Waals surface area contributed by atoms with Crippen LogP contribution in [-0.2, 0) is 10.8 Å². The minimum Gasteiger partial charge on any atom is -0.508 e.